The van der Waals surface area contributed by atoms with E-state index in [1.165, 1.54) is 18.2 Å². The van der Waals surface area contributed by atoms with Gasteiger partial charge in [0.1, 0.15) is 11.3 Å². The van der Waals surface area contributed by atoms with Gasteiger partial charge in [0.2, 0.25) is 6.79 Å². The van der Waals surface area contributed by atoms with Crippen molar-refractivity contribution >= 4 is 35.6 Å². The Balaban J connectivity index is 1.63. The monoisotopic (exact) mass is 438 g/mol. The number of imide groups is 2. The average Bonchev–Trinajstić information content (AvgIpc) is 3.24. The molecule has 0 bridgehead atoms. The third-order valence-electron chi connectivity index (χ3n) is 4.59. The maximum Gasteiger partial charge on any atom is 0.344 e. The number of carbonyl (C=O) groups is 4. The highest BCUT2D eigenvalue weighted by Crippen LogP contribution is 2.36. The molecule has 2 aromatic carbocycles. The Morgan fingerprint density at radius 3 is 2.72 bits per heavy atom. The molecule has 1 N–H and O–H groups in total. The van der Waals surface area contributed by atoms with E-state index in [0.29, 0.717) is 17.1 Å². The van der Waals surface area contributed by atoms with Crippen LogP contribution < -0.4 is 24.4 Å². The lowest BCUT2D eigenvalue weighted by molar-refractivity contribution is -0.145. The number of nitrogens with one attached hydrogen (secondary N) is 1. The van der Waals surface area contributed by atoms with Crippen LogP contribution in [0.4, 0.5) is 10.5 Å². The van der Waals surface area contributed by atoms with Crippen LogP contribution >= 0.6 is 0 Å². The molecule has 1 saturated heterocycles. The van der Waals surface area contributed by atoms with Crippen molar-refractivity contribution < 1.29 is 38.1 Å². The van der Waals surface area contributed by atoms with E-state index in [2.05, 4.69) is 5.32 Å². The van der Waals surface area contributed by atoms with Gasteiger partial charge in [0, 0.05) is 11.6 Å². The number of benzene rings is 2. The van der Waals surface area contributed by atoms with Crippen molar-refractivity contribution in [1.82, 2.24) is 5.32 Å². The number of ether oxygens (including phenoxy) is 4. The zero-order valence-electron chi connectivity index (χ0n) is 17.0. The second-order valence-corrected chi connectivity index (χ2v) is 6.63. The zero-order chi connectivity index (χ0) is 22.7. The topological polar surface area (TPSA) is 120 Å². The van der Waals surface area contributed by atoms with E-state index in [9.17, 15) is 19.2 Å². The summed E-state index contributed by atoms with van der Waals surface area (Å²) in [5, 5.41) is 2.15. The van der Waals surface area contributed by atoms with Crippen LogP contribution in [-0.4, -0.2) is 43.8 Å². The van der Waals surface area contributed by atoms with Gasteiger partial charge in [0.25, 0.3) is 11.8 Å². The molecule has 1 fully saturated rings. The van der Waals surface area contributed by atoms with E-state index >= 15 is 0 Å². The summed E-state index contributed by atoms with van der Waals surface area (Å²) in [5.41, 5.74) is 0.298. The molecule has 10 nitrogen and oxygen atoms in total. The molecule has 0 unspecified atom stereocenters. The fourth-order valence-electron chi connectivity index (χ4n) is 3.14. The van der Waals surface area contributed by atoms with E-state index in [0.717, 1.165) is 4.90 Å². The van der Waals surface area contributed by atoms with Gasteiger partial charge in [0.15, 0.2) is 18.1 Å². The van der Waals surface area contributed by atoms with Crippen LogP contribution in [0.25, 0.3) is 6.08 Å². The van der Waals surface area contributed by atoms with Gasteiger partial charge in [-0.05, 0) is 31.2 Å². The molecular weight excluding hydrogens is 420 g/mol. The van der Waals surface area contributed by atoms with Gasteiger partial charge in [-0.15, -0.1) is 0 Å². The lowest BCUT2D eigenvalue weighted by Gasteiger charge is -2.26. The van der Waals surface area contributed by atoms with Gasteiger partial charge in [-0.2, -0.15) is 0 Å². The largest absolute Gasteiger partial charge is 0.481 e. The van der Waals surface area contributed by atoms with Crippen molar-refractivity contribution in [2.24, 2.45) is 0 Å². The lowest BCUT2D eigenvalue weighted by Crippen LogP contribution is -2.54. The molecule has 0 saturated carbocycles. The van der Waals surface area contributed by atoms with Crippen molar-refractivity contribution in [1.29, 1.82) is 0 Å². The Labute approximate surface area is 182 Å². The second kappa shape index (κ2) is 8.80. The second-order valence-electron chi connectivity index (χ2n) is 6.63. The first-order chi connectivity index (χ1) is 15.5. The number of anilines is 1. The first-order valence-electron chi connectivity index (χ1n) is 9.66. The Bertz CT molecular complexity index is 1140. The molecule has 4 rings (SSSR count). The van der Waals surface area contributed by atoms with Crippen LogP contribution in [0.1, 0.15) is 12.5 Å². The van der Waals surface area contributed by atoms with Crippen molar-refractivity contribution in [3.63, 3.8) is 0 Å². The molecule has 2 aromatic rings. The highest BCUT2D eigenvalue weighted by atomic mass is 16.7. The van der Waals surface area contributed by atoms with Crippen LogP contribution in [0.3, 0.4) is 0 Å². The number of fused-ring (bicyclic) bond motifs is 1. The molecule has 0 aliphatic carbocycles. The molecule has 0 spiro atoms. The maximum absolute atomic E-state index is 13.1. The van der Waals surface area contributed by atoms with Crippen molar-refractivity contribution in [2.75, 3.05) is 24.9 Å². The molecule has 2 aliphatic rings. The first-order valence-corrected chi connectivity index (χ1v) is 9.66. The van der Waals surface area contributed by atoms with Crippen molar-refractivity contribution in [2.45, 2.75) is 6.92 Å². The Hall–Kier alpha value is -4.34. The predicted molar refractivity (Wildman–Crippen MR) is 110 cm³/mol. The highest BCUT2D eigenvalue weighted by Gasteiger charge is 2.37. The Morgan fingerprint density at radius 2 is 1.91 bits per heavy atom. The number of urea groups is 1. The summed E-state index contributed by atoms with van der Waals surface area (Å²) in [6.07, 6.45) is 1.30. The number of carbonyl (C=O) groups excluding carboxylic acids is 4. The molecule has 10 heteroatoms. The number of hydrogen-bond acceptors (Lipinski definition) is 8. The first kappa shape index (κ1) is 20.9. The maximum atomic E-state index is 13.1. The molecule has 0 aromatic heterocycles. The Kier molecular flexibility index (Phi) is 5.75. The third kappa shape index (κ3) is 4.10. The summed E-state index contributed by atoms with van der Waals surface area (Å²) in [5.74, 6) is -1.10. The van der Waals surface area contributed by atoms with E-state index < -0.39 is 23.8 Å². The standard InChI is InChI=1S/C22H18N2O8/c1-2-29-19(25)11-30-16-6-4-3-5-13(16)9-15-20(26)23-22(28)24(21(15)27)14-7-8-17-18(10-14)32-12-31-17/h3-10H,2,11-12H2,1H3,(H,23,26,28)/b15-9+. The molecule has 4 amide bonds. The van der Waals surface area contributed by atoms with Crippen LogP contribution in [0, 0.1) is 0 Å². The number of barbiturate groups is 1. The van der Waals surface area contributed by atoms with Crippen LogP contribution in [0.5, 0.6) is 17.2 Å². The number of rotatable bonds is 6. The summed E-state index contributed by atoms with van der Waals surface area (Å²) in [6, 6.07) is 10.2. The summed E-state index contributed by atoms with van der Waals surface area (Å²) >= 11 is 0. The molecule has 2 aliphatic heterocycles. The SMILES string of the molecule is CCOC(=O)COc1ccccc1/C=C1\C(=O)NC(=O)N(c2ccc3c(c2)OCO3)C1=O. The van der Waals surface area contributed by atoms with Gasteiger partial charge in [-0.25, -0.2) is 14.5 Å². The number of para-hydroxylation sites is 1. The number of esters is 1. The normalized spacial score (nSPS) is 16.2. The summed E-state index contributed by atoms with van der Waals surface area (Å²) < 4.78 is 20.8. The minimum Gasteiger partial charge on any atom is -0.481 e. The summed E-state index contributed by atoms with van der Waals surface area (Å²) in [7, 11) is 0. The van der Waals surface area contributed by atoms with Gasteiger partial charge in [-0.3, -0.25) is 14.9 Å². The number of nitrogens with zero attached hydrogens (tertiary/aromatic N) is 1. The van der Waals surface area contributed by atoms with E-state index in [1.54, 1.807) is 37.3 Å². The Morgan fingerprint density at radius 1 is 1.12 bits per heavy atom. The highest BCUT2D eigenvalue weighted by molar-refractivity contribution is 6.39. The molecule has 2 heterocycles. The average molecular weight is 438 g/mol. The summed E-state index contributed by atoms with van der Waals surface area (Å²) in [4.78, 5) is 50.4. The van der Waals surface area contributed by atoms with Crippen molar-refractivity contribution in [3.8, 4) is 17.2 Å². The van der Waals surface area contributed by atoms with Crippen molar-refractivity contribution in [3.05, 3.63) is 53.6 Å². The minimum atomic E-state index is -0.886. The van der Waals surface area contributed by atoms with Crippen LogP contribution in [0.15, 0.2) is 48.0 Å². The number of hydrogen-bond donors (Lipinski definition) is 1. The fraction of sp³-hybridized carbons (Fsp3) is 0.182. The quantitative estimate of drug-likeness (QED) is 0.413. The molecular formula is C22H18N2O8. The zero-order valence-corrected chi connectivity index (χ0v) is 17.0. The van der Waals surface area contributed by atoms with E-state index in [4.69, 9.17) is 18.9 Å². The fourth-order valence-corrected chi connectivity index (χ4v) is 3.14. The van der Waals surface area contributed by atoms with Crippen LogP contribution in [0.2, 0.25) is 0 Å². The molecule has 0 atom stereocenters. The summed E-state index contributed by atoms with van der Waals surface area (Å²) in [6.45, 7) is 1.59. The van der Waals surface area contributed by atoms with Gasteiger partial charge < -0.3 is 18.9 Å². The van der Waals surface area contributed by atoms with Crippen LogP contribution in [-0.2, 0) is 19.1 Å². The number of amides is 4. The van der Waals surface area contributed by atoms with E-state index in [-0.39, 0.29) is 37.0 Å². The van der Waals surface area contributed by atoms with Gasteiger partial charge in [-0.1, -0.05) is 18.2 Å². The van der Waals surface area contributed by atoms with Gasteiger partial charge in [0.05, 0.1) is 12.3 Å². The predicted octanol–water partition coefficient (Wildman–Crippen LogP) is 2.02. The van der Waals surface area contributed by atoms with E-state index in [1.807, 2.05) is 0 Å². The molecule has 164 valence electrons. The van der Waals surface area contributed by atoms with Gasteiger partial charge >= 0.3 is 12.0 Å². The molecule has 0 radical (unpaired) electrons. The third-order valence-corrected chi connectivity index (χ3v) is 4.59. The smallest absolute Gasteiger partial charge is 0.344 e. The minimum absolute atomic E-state index is 0.0329. The lowest BCUT2D eigenvalue weighted by atomic mass is 10.1. The molecule has 32 heavy (non-hydrogen) atoms.